The van der Waals surface area contributed by atoms with Crippen LogP contribution in [0.25, 0.3) is 10.9 Å². The third kappa shape index (κ3) is 2.11. The first-order valence-electron chi connectivity index (χ1n) is 6.38. The summed E-state index contributed by atoms with van der Waals surface area (Å²) < 4.78 is 0. The van der Waals surface area contributed by atoms with Crippen molar-refractivity contribution in [2.24, 2.45) is 0 Å². The SMILES string of the molecule is O=C(Cc1c[nH]c2ccccc12)N1CCNCC1. The molecule has 0 spiro atoms. The van der Waals surface area contributed by atoms with E-state index in [1.54, 1.807) is 0 Å². The highest BCUT2D eigenvalue weighted by Crippen LogP contribution is 2.18. The Balaban J connectivity index is 1.77. The molecule has 0 bridgehead atoms. The molecule has 0 unspecified atom stereocenters. The van der Waals surface area contributed by atoms with Crippen molar-refractivity contribution in [2.45, 2.75) is 6.42 Å². The number of rotatable bonds is 2. The molecule has 94 valence electrons. The average Bonchev–Trinajstić information content (AvgIpc) is 2.83. The van der Waals surface area contributed by atoms with Crippen LogP contribution in [0, 0.1) is 0 Å². The zero-order valence-corrected chi connectivity index (χ0v) is 10.3. The molecule has 0 atom stereocenters. The number of nitrogens with one attached hydrogen (secondary N) is 2. The summed E-state index contributed by atoms with van der Waals surface area (Å²) in [5.74, 6) is 0.223. The van der Waals surface area contributed by atoms with E-state index in [1.165, 1.54) is 0 Å². The minimum atomic E-state index is 0.223. The quantitative estimate of drug-likeness (QED) is 0.831. The summed E-state index contributed by atoms with van der Waals surface area (Å²) in [6.07, 6.45) is 2.44. The fourth-order valence-corrected chi connectivity index (χ4v) is 2.47. The van der Waals surface area contributed by atoms with Crippen molar-refractivity contribution >= 4 is 16.8 Å². The molecule has 1 amide bonds. The molecular formula is C14H17N3O. The highest BCUT2D eigenvalue weighted by molar-refractivity contribution is 5.88. The number of fused-ring (bicyclic) bond motifs is 1. The van der Waals surface area contributed by atoms with Gasteiger partial charge in [0.2, 0.25) is 5.91 Å². The van der Waals surface area contributed by atoms with Gasteiger partial charge in [0.05, 0.1) is 6.42 Å². The highest BCUT2D eigenvalue weighted by atomic mass is 16.2. The molecule has 1 aromatic heterocycles. The van der Waals surface area contributed by atoms with Crippen molar-refractivity contribution in [2.75, 3.05) is 26.2 Å². The van der Waals surface area contributed by atoms with Crippen LogP contribution in [0.3, 0.4) is 0 Å². The van der Waals surface area contributed by atoms with Gasteiger partial charge < -0.3 is 15.2 Å². The Morgan fingerprint density at radius 3 is 2.83 bits per heavy atom. The zero-order chi connectivity index (χ0) is 12.4. The molecule has 2 aromatic rings. The second-order valence-electron chi connectivity index (χ2n) is 4.67. The second kappa shape index (κ2) is 4.82. The zero-order valence-electron chi connectivity index (χ0n) is 10.3. The van der Waals surface area contributed by atoms with Crippen LogP contribution in [0.5, 0.6) is 0 Å². The largest absolute Gasteiger partial charge is 0.361 e. The Morgan fingerprint density at radius 2 is 2.00 bits per heavy atom. The standard InChI is InChI=1S/C14H17N3O/c18-14(17-7-5-15-6-8-17)9-11-10-16-13-4-2-1-3-12(11)13/h1-4,10,15-16H,5-9H2. The van der Waals surface area contributed by atoms with Crippen LogP contribution in [0.4, 0.5) is 0 Å². The molecule has 1 fully saturated rings. The summed E-state index contributed by atoms with van der Waals surface area (Å²) in [6.45, 7) is 3.45. The maximum Gasteiger partial charge on any atom is 0.227 e. The Bertz CT molecular complexity index is 555. The van der Waals surface area contributed by atoms with Crippen molar-refractivity contribution < 1.29 is 4.79 Å². The fraction of sp³-hybridized carbons (Fsp3) is 0.357. The number of hydrogen-bond acceptors (Lipinski definition) is 2. The fourth-order valence-electron chi connectivity index (χ4n) is 2.47. The summed E-state index contributed by atoms with van der Waals surface area (Å²) in [7, 11) is 0. The van der Waals surface area contributed by atoms with Crippen LogP contribution >= 0.6 is 0 Å². The van der Waals surface area contributed by atoms with Gasteiger partial charge in [0.25, 0.3) is 0 Å². The number of benzene rings is 1. The monoisotopic (exact) mass is 243 g/mol. The van der Waals surface area contributed by atoms with Gasteiger partial charge in [-0.2, -0.15) is 0 Å². The van der Waals surface area contributed by atoms with Gasteiger partial charge in [0, 0.05) is 43.3 Å². The Kier molecular flexibility index (Phi) is 3.02. The lowest BCUT2D eigenvalue weighted by molar-refractivity contribution is -0.131. The van der Waals surface area contributed by atoms with E-state index in [2.05, 4.69) is 16.4 Å². The molecule has 3 rings (SSSR count). The average molecular weight is 243 g/mol. The lowest BCUT2D eigenvalue weighted by Crippen LogP contribution is -2.46. The molecule has 0 saturated carbocycles. The lowest BCUT2D eigenvalue weighted by atomic mass is 10.1. The van der Waals surface area contributed by atoms with Crippen molar-refractivity contribution in [1.29, 1.82) is 0 Å². The molecule has 18 heavy (non-hydrogen) atoms. The number of hydrogen-bond donors (Lipinski definition) is 2. The topological polar surface area (TPSA) is 48.1 Å². The van der Waals surface area contributed by atoms with Crippen molar-refractivity contribution in [3.05, 3.63) is 36.0 Å². The normalized spacial score (nSPS) is 16.1. The first kappa shape index (κ1) is 11.3. The molecule has 1 aliphatic heterocycles. The third-order valence-electron chi connectivity index (χ3n) is 3.49. The Morgan fingerprint density at radius 1 is 1.22 bits per heavy atom. The van der Waals surface area contributed by atoms with E-state index in [0.717, 1.165) is 42.6 Å². The molecule has 2 heterocycles. The van der Waals surface area contributed by atoms with E-state index in [9.17, 15) is 4.79 Å². The van der Waals surface area contributed by atoms with E-state index in [1.807, 2.05) is 29.3 Å². The van der Waals surface area contributed by atoms with Crippen LogP contribution < -0.4 is 5.32 Å². The third-order valence-corrected chi connectivity index (χ3v) is 3.49. The molecule has 0 radical (unpaired) electrons. The van der Waals surface area contributed by atoms with Crippen LogP contribution in [0.2, 0.25) is 0 Å². The van der Waals surface area contributed by atoms with E-state index < -0.39 is 0 Å². The minimum absolute atomic E-state index is 0.223. The molecule has 0 aliphatic carbocycles. The number of amides is 1. The number of piperazine rings is 1. The van der Waals surface area contributed by atoms with Gasteiger partial charge in [-0.1, -0.05) is 18.2 Å². The number of aromatic nitrogens is 1. The molecule has 2 N–H and O–H groups in total. The van der Waals surface area contributed by atoms with Crippen LogP contribution in [-0.2, 0) is 11.2 Å². The van der Waals surface area contributed by atoms with Crippen molar-refractivity contribution in [1.82, 2.24) is 15.2 Å². The maximum absolute atomic E-state index is 12.2. The Hall–Kier alpha value is -1.81. The molecule has 1 aromatic carbocycles. The predicted octanol–water partition coefficient (Wildman–Crippen LogP) is 1.14. The molecule has 1 aliphatic rings. The van der Waals surface area contributed by atoms with E-state index in [-0.39, 0.29) is 5.91 Å². The van der Waals surface area contributed by atoms with Gasteiger partial charge in [-0.25, -0.2) is 0 Å². The summed E-state index contributed by atoms with van der Waals surface area (Å²) >= 11 is 0. The number of nitrogens with zero attached hydrogens (tertiary/aromatic N) is 1. The van der Waals surface area contributed by atoms with Gasteiger partial charge in [0.1, 0.15) is 0 Å². The smallest absolute Gasteiger partial charge is 0.227 e. The minimum Gasteiger partial charge on any atom is -0.361 e. The van der Waals surface area contributed by atoms with Gasteiger partial charge >= 0.3 is 0 Å². The number of H-pyrrole nitrogens is 1. The van der Waals surface area contributed by atoms with Gasteiger partial charge in [0.15, 0.2) is 0 Å². The predicted molar refractivity (Wildman–Crippen MR) is 71.5 cm³/mol. The summed E-state index contributed by atoms with van der Waals surface area (Å²) in [5.41, 5.74) is 2.19. The van der Waals surface area contributed by atoms with Gasteiger partial charge in [-0.05, 0) is 11.6 Å². The lowest BCUT2D eigenvalue weighted by Gasteiger charge is -2.27. The summed E-state index contributed by atoms with van der Waals surface area (Å²) in [5, 5.41) is 4.41. The second-order valence-corrected chi connectivity index (χ2v) is 4.67. The van der Waals surface area contributed by atoms with Crippen molar-refractivity contribution in [3.63, 3.8) is 0 Å². The maximum atomic E-state index is 12.2. The number of aromatic amines is 1. The van der Waals surface area contributed by atoms with Crippen molar-refractivity contribution in [3.8, 4) is 0 Å². The number of carbonyl (C=O) groups excluding carboxylic acids is 1. The first-order valence-corrected chi connectivity index (χ1v) is 6.38. The highest BCUT2D eigenvalue weighted by Gasteiger charge is 2.17. The van der Waals surface area contributed by atoms with Gasteiger partial charge in [-0.15, -0.1) is 0 Å². The van der Waals surface area contributed by atoms with Crippen LogP contribution in [0.15, 0.2) is 30.5 Å². The van der Waals surface area contributed by atoms with Crippen LogP contribution in [0.1, 0.15) is 5.56 Å². The van der Waals surface area contributed by atoms with Crippen LogP contribution in [-0.4, -0.2) is 42.0 Å². The number of carbonyl (C=O) groups is 1. The van der Waals surface area contributed by atoms with E-state index in [0.29, 0.717) is 6.42 Å². The Labute approximate surface area is 106 Å². The van der Waals surface area contributed by atoms with E-state index in [4.69, 9.17) is 0 Å². The molecule has 1 saturated heterocycles. The molecule has 4 nitrogen and oxygen atoms in total. The van der Waals surface area contributed by atoms with Gasteiger partial charge in [-0.3, -0.25) is 4.79 Å². The summed E-state index contributed by atoms with van der Waals surface area (Å²) in [6, 6.07) is 8.11. The first-order chi connectivity index (χ1) is 8.84. The van der Waals surface area contributed by atoms with E-state index >= 15 is 0 Å². The number of para-hydroxylation sites is 1. The molecular weight excluding hydrogens is 226 g/mol. The summed E-state index contributed by atoms with van der Waals surface area (Å²) in [4.78, 5) is 17.3. The molecule has 4 heteroatoms.